The van der Waals surface area contributed by atoms with E-state index in [0.717, 1.165) is 18.5 Å². The summed E-state index contributed by atoms with van der Waals surface area (Å²) in [7, 11) is 0. The summed E-state index contributed by atoms with van der Waals surface area (Å²) >= 11 is 0. The number of hydrogen-bond acceptors (Lipinski definition) is 1. The zero-order valence-electron chi connectivity index (χ0n) is 11.0. The first-order valence-electron chi connectivity index (χ1n) is 5.98. The van der Waals surface area contributed by atoms with E-state index in [2.05, 4.69) is 26.1 Å². The molecule has 17 heavy (non-hydrogen) atoms. The summed E-state index contributed by atoms with van der Waals surface area (Å²) in [6.07, 6.45) is 1.04. The highest BCUT2D eigenvalue weighted by Gasteiger charge is 2.12. The summed E-state index contributed by atoms with van der Waals surface area (Å²) in [4.78, 5) is 0. The molecule has 0 radical (unpaired) electrons. The molecule has 0 aliphatic carbocycles. The molecule has 0 amide bonds. The van der Waals surface area contributed by atoms with E-state index < -0.39 is 11.6 Å². The van der Waals surface area contributed by atoms with Crippen LogP contribution in [0, 0.1) is 17.0 Å². The SMILES string of the molecule is CC(NCCC(C)(C)C)c1ccc(F)c(F)c1. The van der Waals surface area contributed by atoms with Gasteiger partial charge < -0.3 is 5.32 Å². The molecule has 1 unspecified atom stereocenters. The molecule has 0 bridgehead atoms. The number of nitrogens with one attached hydrogen (secondary N) is 1. The van der Waals surface area contributed by atoms with Gasteiger partial charge >= 0.3 is 0 Å². The second kappa shape index (κ2) is 5.58. The lowest BCUT2D eigenvalue weighted by Crippen LogP contribution is -2.23. The topological polar surface area (TPSA) is 12.0 Å². The zero-order valence-corrected chi connectivity index (χ0v) is 11.0. The van der Waals surface area contributed by atoms with E-state index in [0.29, 0.717) is 0 Å². The first-order valence-corrected chi connectivity index (χ1v) is 5.98. The van der Waals surface area contributed by atoms with Crippen LogP contribution in [0.15, 0.2) is 18.2 Å². The smallest absolute Gasteiger partial charge is 0.159 e. The van der Waals surface area contributed by atoms with E-state index >= 15 is 0 Å². The zero-order chi connectivity index (χ0) is 13.1. The Bertz CT molecular complexity index is 369. The third kappa shape index (κ3) is 4.82. The molecule has 0 aromatic heterocycles. The minimum atomic E-state index is -0.796. The molecule has 1 aromatic carbocycles. The van der Waals surface area contributed by atoms with E-state index in [4.69, 9.17) is 0 Å². The molecule has 96 valence electrons. The molecule has 0 fully saturated rings. The highest BCUT2D eigenvalue weighted by atomic mass is 19.2. The second-order valence-corrected chi connectivity index (χ2v) is 5.66. The predicted molar refractivity (Wildman–Crippen MR) is 66.8 cm³/mol. The first kappa shape index (κ1) is 14.1. The summed E-state index contributed by atoms with van der Waals surface area (Å²) in [6, 6.07) is 4.08. The number of rotatable bonds is 4. The Morgan fingerprint density at radius 1 is 1.18 bits per heavy atom. The second-order valence-electron chi connectivity index (χ2n) is 5.66. The fourth-order valence-corrected chi connectivity index (χ4v) is 1.56. The molecule has 0 saturated carbocycles. The maximum Gasteiger partial charge on any atom is 0.159 e. The van der Waals surface area contributed by atoms with Crippen LogP contribution in [0.4, 0.5) is 8.78 Å². The van der Waals surface area contributed by atoms with Crippen molar-refractivity contribution >= 4 is 0 Å². The van der Waals surface area contributed by atoms with Crippen LogP contribution in [-0.4, -0.2) is 6.54 Å². The lowest BCUT2D eigenvalue weighted by Gasteiger charge is -2.21. The van der Waals surface area contributed by atoms with Gasteiger partial charge in [-0.2, -0.15) is 0 Å². The van der Waals surface area contributed by atoms with Crippen LogP contribution in [-0.2, 0) is 0 Å². The molecule has 0 aliphatic heterocycles. The first-order chi connectivity index (χ1) is 7.79. The largest absolute Gasteiger partial charge is 0.310 e. The molecular formula is C14H21F2N. The van der Waals surface area contributed by atoms with Crippen molar-refractivity contribution in [2.24, 2.45) is 5.41 Å². The van der Waals surface area contributed by atoms with Gasteiger partial charge in [0.05, 0.1) is 0 Å². The average molecular weight is 241 g/mol. The van der Waals surface area contributed by atoms with Crippen molar-refractivity contribution in [1.29, 1.82) is 0 Å². The lowest BCUT2D eigenvalue weighted by molar-refractivity contribution is 0.357. The Kier molecular flexibility index (Phi) is 4.63. The van der Waals surface area contributed by atoms with E-state index in [1.807, 2.05) is 6.92 Å². The van der Waals surface area contributed by atoms with Crippen LogP contribution < -0.4 is 5.32 Å². The maximum absolute atomic E-state index is 13.0. The molecule has 1 atom stereocenters. The molecule has 0 heterocycles. The van der Waals surface area contributed by atoms with Crippen molar-refractivity contribution in [2.75, 3.05) is 6.54 Å². The predicted octanol–water partition coefficient (Wildman–Crippen LogP) is 4.05. The molecule has 0 saturated heterocycles. The van der Waals surface area contributed by atoms with Crippen LogP contribution in [0.1, 0.15) is 45.7 Å². The average Bonchev–Trinajstić information content (AvgIpc) is 2.20. The summed E-state index contributed by atoms with van der Waals surface area (Å²) < 4.78 is 25.8. The highest BCUT2D eigenvalue weighted by Crippen LogP contribution is 2.19. The van der Waals surface area contributed by atoms with Crippen LogP contribution in [0.5, 0.6) is 0 Å². The maximum atomic E-state index is 13.0. The van der Waals surface area contributed by atoms with Crippen LogP contribution >= 0.6 is 0 Å². The molecule has 1 aromatic rings. The molecule has 0 aliphatic rings. The molecular weight excluding hydrogens is 220 g/mol. The lowest BCUT2D eigenvalue weighted by atomic mass is 9.92. The quantitative estimate of drug-likeness (QED) is 0.838. The Morgan fingerprint density at radius 3 is 2.35 bits per heavy atom. The van der Waals surface area contributed by atoms with Gasteiger partial charge in [0, 0.05) is 6.04 Å². The van der Waals surface area contributed by atoms with Crippen molar-refractivity contribution in [3.05, 3.63) is 35.4 Å². The summed E-state index contributed by atoms with van der Waals surface area (Å²) in [5, 5.41) is 3.31. The number of halogens is 2. The molecule has 1 N–H and O–H groups in total. The van der Waals surface area contributed by atoms with Gasteiger partial charge in [0.1, 0.15) is 0 Å². The van der Waals surface area contributed by atoms with E-state index in [1.54, 1.807) is 6.07 Å². The molecule has 1 nitrogen and oxygen atoms in total. The van der Waals surface area contributed by atoms with Crippen LogP contribution in [0.2, 0.25) is 0 Å². The van der Waals surface area contributed by atoms with Crippen molar-refractivity contribution in [2.45, 2.75) is 40.2 Å². The Hall–Kier alpha value is -0.960. The van der Waals surface area contributed by atoms with E-state index in [-0.39, 0.29) is 11.5 Å². The molecule has 1 rings (SSSR count). The Balaban J connectivity index is 2.52. The standard InChI is InChI=1S/C14H21F2N/c1-10(17-8-7-14(2,3)4)11-5-6-12(15)13(16)9-11/h5-6,9-10,17H,7-8H2,1-4H3. The minimum Gasteiger partial charge on any atom is -0.310 e. The van der Waals surface area contributed by atoms with Gasteiger partial charge in [-0.25, -0.2) is 8.78 Å². The Labute approximate surface area is 102 Å². The third-order valence-corrected chi connectivity index (χ3v) is 2.77. The van der Waals surface area contributed by atoms with Crippen LogP contribution in [0.3, 0.4) is 0 Å². The van der Waals surface area contributed by atoms with Gasteiger partial charge in [-0.15, -0.1) is 0 Å². The van der Waals surface area contributed by atoms with Gasteiger partial charge in [0.2, 0.25) is 0 Å². The number of hydrogen-bond donors (Lipinski definition) is 1. The highest BCUT2D eigenvalue weighted by molar-refractivity contribution is 5.20. The van der Waals surface area contributed by atoms with Gasteiger partial charge in [0.25, 0.3) is 0 Å². The van der Waals surface area contributed by atoms with Crippen molar-refractivity contribution in [3.8, 4) is 0 Å². The van der Waals surface area contributed by atoms with Gasteiger partial charge in [-0.3, -0.25) is 0 Å². The van der Waals surface area contributed by atoms with Crippen molar-refractivity contribution in [3.63, 3.8) is 0 Å². The van der Waals surface area contributed by atoms with Crippen molar-refractivity contribution < 1.29 is 8.78 Å². The minimum absolute atomic E-state index is 0.0347. The normalized spacial score (nSPS) is 13.8. The number of benzene rings is 1. The third-order valence-electron chi connectivity index (χ3n) is 2.77. The fourth-order valence-electron chi connectivity index (χ4n) is 1.56. The van der Waals surface area contributed by atoms with E-state index in [9.17, 15) is 8.78 Å². The monoisotopic (exact) mass is 241 g/mol. The van der Waals surface area contributed by atoms with Crippen LogP contribution in [0.25, 0.3) is 0 Å². The van der Waals surface area contributed by atoms with Gasteiger partial charge in [-0.1, -0.05) is 26.8 Å². The Morgan fingerprint density at radius 2 is 1.82 bits per heavy atom. The fraction of sp³-hybridized carbons (Fsp3) is 0.571. The van der Waals surface area contributed by atoms with Crippen molar-refractivity contribution in [1.82, 2.24) is 5.32 Å². The summed E-state index contributed by atoms with van der Waals surface area (Å²) in [5.74, 6) is -1.58. The summed E-state index contributed by atoms with van der Waals surface area (Å²) in [5.41, 5.74) is 1.05. The van der Waals surface area contributed by atoms with Gasteiger partial charge in [0.15, 0.2) is 11.6 Å². The molecule has 3 heteroatoms. The van der Waals surface area contributed by atoms with E-state index in [1.165, 1.54) is 12.1 Å². The van der Waals surface area contributed by atoms with Gasteiger partial charge in [-0.05, 0) is 43.0 Å². The molecule has 0 spiro atoms. The summed E-state index contributed by atoms with van der Waals surface area (Å²) in [6.45, 7) is 9.35.